The largest absolute Gasteiger partial charge is 0.381 e. The Labute approximate surface area is 115 Å². The van der Waals surface area contributed by atoms with Crippen molar-refractivity contribution in [2.45, 2.75) is 44.7 Å². The van der Waals surface area contributed by atoms with Crippen molar-refractivity contribution in [2.24, 2.45) is 0 Å². The molecule has 2 N–H and O–H groups in total. The van der Waals surface area contributed by atoms with Crippen LogP contribution < -0.4 is 10.6 Å². The zero-order chi connectivity index (χ0) is 13.1. The second kappa shape index (κ2) is 5.78. The topological polar surface area (TPSA) is 40.2 Å². The van der Waals surface area contributed by atoms with Gasteiger partial charge in [0.05, 0.1) is 0 Å². The Balaban J connectivity index is 1.54. The Bertz CT molecular complexity index is 416. The molecule has 2 aliphatic rings. The first-order valence-electron chi connectivity index (χ1n) is 7.55. The Hall–Kier alpha value is -1.29. The first-order valence-corrected chi connectivity index (χ1v) is 7.55. The van der Waals surface area contributed by atoms with Crippen LogP contribution in [0.4, 0.5) is 11.5 Å². The third-order valence-electron chi connectivity index (χ3n) is 3.97. The minimum Gasteiger partial charge on any atom is -0.381 e. The van der Waals surface area contributed by atoms with Crippen LogP contribution in [-0.2, 0) is 0 Å². The molecule has 1 aliphatic carbocycles. The highest BCUT2D eigenvalue weighted by Crippen LogP contribution is 2.30. The molecule has 1 saturated heterocycles. The molecular formula is C15H24N4. The summed E-state index contributed by atoms with van der Waals surface area (Å²) in [5, 5.41) is 6.98. The van der Waals surface area contributed by atoms with Crippen molar-refractivity contribution < 1.29 is 0 Å². The van der Waals surface area contributed by atoms with Crippen molar-refractivity contribution in [3.8, 4) is 0 Å². The molecule has 1 aromatic heterocycles. The van der Waals surface area contributed by atoms with Crippen molar-refractivity contribution >= 4 is 11.5 Å². The van der Waals surface area contributed by atoms with Crippen molar-refractivity contribution in [2.75, 3.05) is 30.3 Å². The fourth-order valence-electron chi connectivity index (χ4n) is 2.78. The van der Waals surface area contributed by atoms with Gasteiger partial charge >= 0.3 is 0 Å². The first kappa shape index (κ1) is 12.7. The molecule has 4 heteroatoms. The summed E-state index contributed by atoms with van der Waals surface area (Å²) < 4.78 is 0. The molecule has 1 unspecified atom stereocenters. The molecule has 0 amide bonds. The van der Waals surface area contributed by atoms with Gasteiger partial charge in [-0.1, -0.05) is 6.92 Å². The minimum atomic E-state index is 0.599. The average Bonchev–Trinajstić information content (AvgIpc) is 3.18. The Morgan fingerprint density at radius 1 is 1.37 bits per heavy atom. The number of rotatable bonds is 6. The summed E-state index contributed by atoms with van der Waals surface area (Å²) in [4.78, 5) is 6.98. The molecular weight excluding hydrogens is 236 g/mol. The van der Waals surface area contributed by atoms with Crippen molar-refractivity contribution in [3.05, 3.63) is 18.3 Å². The summed E-state index contributed by atoms with van der Waals surface area (Å²) in [6.45, 7) is 5.61. The number of pyridine rings is 1. The van der Waals surface area contributed by atoms with E-state index in [1.54, 1.807) is 0 Å². The van der Waals surface area contributed by atoms with Gasteiger partial charge in [0.25, 0.3) is 0 Å². The van der Waals surface area contributed by atoms with E-state index in [1.807, 2.05) is 6.20 Å². The van der Waals surface area contributed by atoms with E-state index in [-0.39, 0.29) is 0 Å². The molecule has 3 rings (SSSR count). The number of anilines is 2. The summed E-state index contributed by atoms with van der Waals surface area (Å²) >= 11 is 0. The van der Waals surface area contributed by atoms with Gasteiger partial charge < -0.3 is 10.6 Å². The number of aromatic nitrogens is 1. The summed E-state index contributed by atoms with van der Waals surface area (Å²) in [6.07, 6.45) is 7.09. The maximum atomic E-state index is 4.34. The number of hydrogen-bond donors (Lipinski definition) is 2. The summed E-state index contributed by atoms with van der Waals surface area (Å²) in [7, 11) is 0. The van der Waals surface area contributed by atoms with Crippen LogP contribution in [0.2, 0.25) is 0 Å². The van der Waals surface area contributed by atoms with E-state index in [0.717, 1.165) is 24.8 Å². The van der Waals surface area contributed by atoms with Crippen LogP contribution in [0, 0.1) is 0 Å². The van der Waals surface area contributed by atoms with Crippen LogP contribution in [0.3, 0.4) is 0 Å². The van der Waals surface area contributed by atoms with Crippen LogP contribution in [0.25, 0.3) is 0 Å². The molecule has 0 aromatic carbocycles. The summed E-state index contributed by atoms with van der Waals surface area (Å²) in [5.74, 6) is 0.976. The minimum absolute atomic E-state index is 0.599. The number of hydrogen-bond acceptors (Lipinski definition) is 4. The van der Waals surface area contributed by atoms with E-state index >= 15 is 0 Å². The van der Waals surface area contributed by atoms with Gasteiger partial charge in [0.2, 0.25) is 0 Å². The van der Waals surface area contributed by atoms with Crippen molar-refractivity contribution in [1.82, 2.24) is 9.88 Å². The smallest absolute Gasteiger partial charge is 0.127 e. The summed E-state index contributed by atoms with van der Waals surface area (Å²) in [5.41, 5.74) is 1.19. The van der Waals surface area contributed by atoms with Gasteiger partial charge in [0, 0.05) is 49.7 Å². The lowest BCUT2D eigenvalue weighted by Gasteiger charge is -2.17. The monoisotopic (exact) mass is 260 g/mol. The molecule has 1 aliphatic heterocycles. The maximum Gasteiger partial charge on any atom is 0.127 e. The molecule has 1 aromatic rings. The molecule has 19 heavy (non-hydrogen) atoms. The maximum absolute atomic E-state index is 4.34. The van der Waals surface area contributed by atoms with Gasteiger partial charge in [-0.25, -0.2) is 4.98 Å². The van der Waals surface area contributed by atoms with Crippen LogP contribution in [0.5, 0.6) is 0 Å². The lowest BCUT2D eigenvalue weighted by atomic mass is 10.2. The number of nitrogens with one attached hydrogen (secondary N) is 2. The van der Waals surface area contributed by atoms with Crippen LogP contribution >= 0.6 is 0 Å². The number of nitrogens with zero attached hydrogens (tertiary/aromatic N) is 2. The molecule has 104 valence electrons. The molecule has 4 nitrogen and oxygen atoms in total. The molecule has 0 spiro atoms. The van der Waals surface area contributed by atoms with E-state index in [2.05, 4.69) is 39.6 Å². The van der Waals surface area contributed by atoms with Gasteiger partial charge in [-0.15, -0.1) is 0 Å². The lowest BCUT2D eigenvalue weighted by Crippen LogP contribution is -2.27. The Morgan fingerprint density at radius 3 is 3.05 bits per heavy atom. The summed E-state index contributed by atoms with van der Waals surface area (Å²) in [6, 6.07) is 5.68. The van der Waals surface area contributed by atoms with Crippen LogP contribution in [-0.4, -0.2) is 41.6 Å². The molecule has 0 radical (unpaired) electrons. The van der Waals surface area contributed by atoms with Gasteiger partial charge in [-0.2, -0.15) is 0 Å². The second-order valence-corrected chi connectivity index (χ2v) is 5.71. The molecule has 0 bridgehead atoms. The fraction of sp³-hybridized carbons (Fsp3) is 0.667. The SMILES string of the molecule is CCCNc1cc(NC2CCN(C3CC3)C2)ccn1. The molecule has 2 fully saturated rings. The van der Waals surface area contributed by atoms with E-state index < -0.39 is 0 Å². The number of likely N-dealkylation sites (tertiary alicyclic amines) is 1. The van der Waals surface area contributed by atoms with Crippen LogP contribution in [0.1, 0.15) is 32.6 Å². The van der Waals surface area contributed by atoms with E-state index in [9.17, 15) is 0 Å². The van der Waals surface area contributed by atoms with Gasteiger partial charge in [0.15, 0.2) is 0 Å². The highest BCUT2D eigenvalue weighted by atomic mass is 15.2. The third-order valence-corrected chi connectivity index (χ3v) is 3.97. The first-order chi connectivity index (χ1) is 9.35. The van der Waals surface area contributed by atoms with Gasteiger partial charge in [-0.3, -0.25) is 4.90 Å². The van der Waals surface area contributed by atoms with E-state index in [4.69, 9.17) is 0 Å². The van der Waals surface area contributed by atoms with Crippen LogP contribution in [0.15, 0.2) is 18.3 Å². The second-order valence-electron chi connectivity index (χ2n) is 5.71. The predicted molar refractivity (Wildman–Crippen MR) is 79.6 cm³/mol. The van der Waals surface area contributed by atoms with Crippen molar-refractivity contribution in [3.63, 3.8) is 0 Å². The quantitative estimate of drug-likeness (QED) is 0.824. The van der Waals surface area contributed by atoms with Gasteiger partial charge in [0.1, 0.15) is 5.82 Å². The molecule has 1 saturated carbocycles. The highest BCUT2D eigenvalue weighted by Gasteiger charge is 2.34. The Kier molecular flexibility index (Phi) is 3.87. The third kappa shape index (κ3) is 3.38. The fourth-order valence-corrected chi connectivity index (χ4v) is 2.78. The lowest BCUT2D eigenvalue weighted by molar-refractivity contribution is 0.326. The van der Waals surface area contributed by atoms with Crippen molar-refractivity contribution in [1.29, 1.82) is 0 Å². The predicted octanol–water partition coefficient (Wildman–Crippen LogP) is 2.55. The molecule has 1 atom stereocenters. The Morgan fingerprint density at radius 2 is 2.26 bits per heavy atom. The standard InChI is InChI=1S/C15H24N4/c1-2-7-16-15-10-12(5-8-17-15)18-13-6-9-19(11-13)14-3-4-14/h5,8,10,13-14H,2-4,6-7,9,11H2,1H3,(H2,16,17,18). The van der Waals surface area contributed by atoms with E-state index in [1.165, 1.54) is 38.0 Å². The zero-order valence-corrected chi connectivity index (χ0v) is 11.7. The van der Waals surface area contributed by atoms with Gasteiger partial charge in [-0.05, 0) is 31.7 Å². The highest BCUT2D eigenvalue weighted by molar-refractivity contribution is 5.52. The zero-order valence-electron chi connectivity index (χ0n) is 11.7. The van der Waals surface area contributed by atoms with E-state index in [0.29, 0.717) is 6.04 Å². The molecule has 2 heterocycles. The average molecular weight is 260 g/mol. The normalized spacial score (nSPS) is 23.5.